The van der Waals surface area contributed by atoms with Gasteiger partial charge in [-0.25, -0.2) is 19.2 Å². The number of benzene rings is 2. The summed E-state index contributed by atoms with van der Waals surface area (Å²) in [4.78, 5) is 21.2. The predicted molar refractivity (Wildman–Crippen MR) is 110 cm³/mol. The lowest BCUT2D eigenvalue weighted by molar-refractivity contribution is 0.115. The molecule has 0 fully saturated rings. The number of nitrogens with zero attached hydrogens (tertiary/aromatic N) is 3. The molecular weight excluding hydrogens is 387 g/mol. The number of carbonyl (C=O) groups is 1. The van der Waals surface area contributed by atoms with Crippen LogP contribution in [-0.2, 0) is 4.74 Å². The molecule has 0 aliphatic heterocycles. The molecule has 8 nitrogen and oxygen atoms in total. The minimum absolute atomic E-state index is 0.249. The molecular formula is C21H19FN6O2. The van der Waals surface area contributed by atoms with Gasteiger partial charge in [-0.15, -0.1) is 0 Å². The van der Waals surface area contributed by atoms with Crippen molar-refractivity contribution in [3.8, 4) is 0 Å². The van der Waals surface area contributed by atoms with Gasteiger partial charge in [-0.05, 0) is 31.2 Å². The molecule has 0 aliphatic rings. The molecule has 0 aliphatic carbocycles. The maximum absolute atomic E-state index is 13.4. The number of carbonyl (C=O) groups excluding carboxylic acids is 1. The lowest BCUT2D eigenvalue weighted by Gasteiger charge is -2.18. The molecule has 0 spiro atoms. The minimum Gasteiger partial charge on any atom is -0.433 e. The Morgan fingerprint density at radius 1 is 1.13 bits per heavy atom. The van der Waals surface area contributed by atoms with Gasteiger partial charge in [0.2, 0.25) is 0 Å². The van der Waals surface area contributed by atoms with Crippen LogP contribution in [0.1, 0.15) is 23.2 Å². The van der Waals surface area contributed by atoms with Crippen LogP contribution in [0.5, 0.6) is 0 Å². The van der Waals surface area contributed by atoms with E-state index >= 15 is 0 Å². The quantitative estimate of drug-likeness (QED) is 0.463. The Morgan fingerprint density at radius 3 is 2.60 bits per heavy atom. The average Bonchev–Trinajstić information content (AvgIpc) is 3.17. The van der Waals surface area contributed by atoms with Crippen molar-refractivity contribution in [2.24, 2.45) is 0 Å². The molecule has 2 aromatic heterocycles. The number of fused-ring (bicyclic) bond motifs is 1. The van der Waals surface area contributed by atoms with Gasteiger partial charge in [-0.2, -0.15) is 5.10 Å². The van der Waals surface area contributed by atoms with Crippen LogP contribution in [0.2, 0.25) is 0 Å². The molecule has 0 saturated carbocycles. The molecule has 1 amide bonds. The number of nitrogens with one attached hydrogen (secondary N) is 3. The fourth-order valence-corrected chi connectivity index (χ4v) is 2.98. The van der Waals surface area contributed by atoms with Gasteiger partial charge in [-0.3, -0.25) is 5.10 Å². The molecule has 2 aromatic carbocycles. The summed E-state index contributed by atoms with van der Waals surface area (Å²) in [5.41, 5.74) is 2.09. The zero-order valence-electron chi connectivity index (χ0n) is 16.3. The minimum atomic E-state index is -0.934. The highest BCUT2D eigenvalue weighted by atomic mass is 19.1. The fourth-order valence-electron chi connectivity index (χ4n) is 2.98. The summed E-state index contributed by atoms with van der Waals surface area (Å²) in [6.07, 6.45) is -1.59. The molecule has 3 N–H and O–H groups in total. The van der Waals surface area contributed by atoms with Crippen LogP contribution in [-0.4, -0.2) is 33.3 Å². The third-order valence-corrected chi connectivity index (χ3v) is 4.41. The molecule has 0 radical (unpaired) electrons. The number of anilines is 2. The smallest absolute Gasteiger partial charge is 0.407 e. The lowest BCUT2D eigenvalue weighted by Crippen LogP contribution is -2.23. The molecule has 2 heterocycles. The van der Waals surface area contributed by atoms with Crippen LogP contribution in [0.3, 0.4) is 0 Å². The highest BCUT2D eigenvalue weighted by molar-refractivity contribution is 5.90. The van der Waals surface area contributed by atoms with Crippen molar-refractivity contribution < 1.29 is 13.9 Å². The van der Waals surface area contributed by atoms with Crippen LogP contribution in [0, 0.1) is 12.7 Å². The van der Waals surface area contributed by atoms with E-state index in [1.807, 2.05) is 37.3 Å². The molecule has 0 bridgehead atoms. The van der Waals surface area contributed by atoms with E-state index in [1.54, 1.807) is 0 Å². The lowest BCUT2D eigenvalue weighted by atomic mass is 10.1. The van der Waals surface area contributed by atoms with Crippen LogP contribution in [0.4, 0.5) is 20.8 Å². The average molecular weight is 406 g/mol. The second kappa shape index (κ2) is 8.16. The van der Waals surface area contributed by atoms with Crippen molar-refractivity contribution in [2.75, 3.05) is 12.4 Å². The van der Waals surface area contributed by atoms with Crippen molar-refractivity contribution in [2.45, 2.75) is 13.0 Å². The van der Waals surface area contributed by atoms with Crippen molar-refractivity contribution in [3.63, 3.8) is 0 Å². The summed E-state index contributed by atoms with van der Waals surface area (Å²) in [5, 5.41) is 13.4. The second-order valence-corrected chi connectivity index (χ2v) is 6.60. The molecule has 152 valence electrons. The zero-order valence-corrected chi connectivity index (χ0v) is 16.3. The number of hydrogen-bond acceptors (Lipinski definition) is 6. The number of ether oxygens (including phenoxy) is 1. The monoisotopic (exact) mass is 406 g/mol. The number of aromatic nitrogens is 4. The van der Waals surface area contributed by atoms with Gasteiger partial charge in [0, 0.05) is 29.8 Å². The Morgan fingerprint density at radius 2 is 1.90 bits per heavy atom. The second-order valence-electron chi connectivity index (χ2n) is 6.60. The maximum Gasteiger partial charge on any atom is 0.407 e. The van der Waals surface area contributed by atoms with Crippen LogP contribution in [0.15, 0.2) is 54.6 Å². The molecule has 1 unspecified atom stereocenters. The van der Waals surface area contributed by atoms with Crippen LogP contribution in [0.25, 0.3) is 10.9 Å². The van der Waals surface area contributed by atoms with Crippen molar-refractivity contribution in [3.05, 3.63) is 77.5 Å². The Bertz CT molecular complexity index is 1190. The number of amides is 1. The van der Waals surface area contributed by atoms with E-state index in [4.69, 9.17) is 4.74 Å². The van der Waals surface area contributed by atoms with Crippen molar-refractivity contribution in [1.82, 2.24) is 25.5 Å². The molecule has 9 heteroatoms. The summed E-state index contributed by atoms with van der Waals surface area (Å²) < 4.78 is 18.9. The largest absolute Gasteiger partial charge is 0.433 e. The van der Waals surface area contributed by atoms with Gasteiger partial charge in [0.25, 0.3) is 0 Å². The van der Waals surface area contributed by atoms with Crippen molar-refractivity contribution >= 4 is 28.6 Å². The van der Waals surface area contributed by atoms with Gasteiger partial charge in [0.1, 0.15) is 11.6 Å². The van der Waals surface area contributed by atoms with E-state index in [1.165, 1.54) is 31.3 Å². The van der Waals surface area contributed by atoms with Crippen molar-refractivity contribution in [1.29, 1.82) is 0 Å². The van der Waals surface area contributed by atoms with Gasteiger partial charge in [0.05, 0.1) is 5.52 Å². The van der Waals surface area contributed by atoms with E-state index in [9.17, 15) is 9.18 Å². The van der Waals surface area contributed by atoms with Gasteiger partial charge in [0.15, 0.2) is 17.7 Å². The summed E-state index contributed by atoms with van der Waals surface area (Å²) in [6, 6.07) is 15.0. The summed E-state index contributed by atoms with van der Waals surface area (Å²) in [5.74, 6) is 0.953. The zero-order chi connectivity index (χ0) is 21.1. The van der Waals surface area contributed by atoms with E-state index in [0.717, 1.165) is 11.1 Å². The first-order valence-corrected chi connectivity index (χ1v) is 9.23. The molecule has 4 aromatic rings. The van der Waals surface area contributed by atoms with Gasteiger partial charge >= 0.3 is 6.09 Å². The van der Waals surface area contributed by atoms with Crippen LogP contribution >= 0.6 is 0 Å². The summed E-state index contributed by atoms with van der Waals surface area (Å²) in [6.45, 7) is 1.89. The number of H-pyrrole nitrogens is 1. The first-order chi connectivity index (χ1) is 14.5. The normalized spacial score (nSPS) is 11.8. The van der Waals surface area contributed by atoms with E-state index in [2.05, 4.69) is 30.8 Å². The first-order valence-electron chi connectivity index (χ1n) is 9.23. The van der Waals surface area contributed by atoms with E-state index in [0.29, 0.717) is 22.7 Å². The Labute approximate surface area is 171 Å². The fraction of sp³-hybridized carbons (Fsp3) is 0.143. The standard InChI is InChI=1S/C21H19FN6O2/c1-12-11-17(28-27-12)25-19-15-5-3-4-6-16(15)24-20(26-19)18(30-21(29)23-2)13-7-9-14(22)10-8-13/h3-11,18H,1-2H3,(H,23,29)(H2,24,25,26,27,28). The number of alkyl carbamates (subject to hydrolysis) is 1. The third kappa shape index (κ3) is 4.04. The SMILES string of the molecule is CNC(=O)OC(c1ccc(F)cc1)c1nc(Nc2cc(C)[nH]n2)c2ccccc2n1. The predicted octanol–water partition coefficient (Wildman–Crippen LogP) is 3.99. The Balaban J connectivity index is 1.83. The Kier molecular flexibility index (Phi) is 5.25. The topological polar surface area (TPSA) is 105 Å². The van der Waals surface area contributed by atoms with E-state index in [-0.39, 0.29) is 5.82 Å². The van der Waals surface area contributed by atoms with Gasteiger partial charge < -0.3 is 15.4 Å². The molecule has 1 atom stereocenters. The third-order valence-electron chi connectivity index (χ3n) is 4.41. The molecule has 0 saturated heterocycles. The number of para-hydroxylation sites is 1. The van der Waals surface area contributed by atoms with Crippen LogP contribution < -0.4 is 10.6 Å². The van der Waals surface area contributed by atoms with E-state index < -0.39 is 18.0 Å². The highest BCUT2D eigenvalue weighted by Crippen LogP contribution is 2.29. The first kappa shape index (κ1) is 19.3. The number of aromatic amines is 1. The Hall–Kier alpha value is -4.01. The number of rotatable bonds is 5. The molecule has 4 rings (SSSR count). The number of hydrogen-bond donors (Lipinski definition) is 3. The number of aryl methyl sites for hydroxylation is 1. The molecule has 30 heavy (non-hydrogen) atoms. The maximum atomic E-state index is 13.4. The summed E-state index contributed by atoms with van der Waals surface area (Å²) in [7, 11) is 1.46. The highest BCUT2D eigenvalue weighted by Gasteiger charge is 2.24. The number of halogens is 1. The van der Waals surface area contributed by atoms with Gasteiger partial charge in [-0.1, -0.05) is 24.3 Å². The summed E-state index contributed by atoms with van der Waals surface area (Å²) >= 11 is 0.